The van der Waals surface area contributed by atoms with Crippen molar-refractivity contribution < 1.29 is 28.4 Å². The highest BCUT2D eigenvalue weighted by Gasteiger charge is 2.19. The Morgan fingerprint density at radius 1 is 1.15 bits per heavy atom. The van der Waals surface area contributed by atoms with E-state index in [2.05, 4.69) is 18.8 Å². The van der Waals surface area contributed by atoms with E-state index in [4.69, 9.17) is 14.5 Å². The fourth-order valence-electron chi connectivity index (χ4n) is 3.50. The average molecular weight is 488 g/mol. The van der Waals surface area contributed by atoms with E-state index in [9.17, 15) is 19.0 Å². The molecule has 0 aliphatic rings. The summed E-state index contributed by atoms with van der Waals surface area (Å²) >= 11 is 0. The number of hydrogen-bond donors (Lipinski definition) is 2. The number of hydrogen-bond acceptors (Lipinski definition) is 6. The Balaban J connectivity index is 1.83. The summed E-state index contributed by atoms with van der Waals surface area (Å²) in [7, 11) is -1.84. The van der Waals surface area contributed by atoms with Crippen LogP contribution in [0.3, 0.4) is 0 Å². The number of aliphatic hydroxyl groups excluding tert-OH is 1. The van der Waals surface area contributed by atoms with Crippen molar-refractivity contribution in [2.75, 3.05) is 19.9 Å². The minimum Gasteiger partial charge on any atom is -0.497 e. The Bertz CT molecular complexity index is 1180. The van der Waals surface area contributed by atoms with Gasteiger partial charge in [-0.1, -0.05) is 26.0 Å². The maximum absolute atomic E-state index is 14.6. The monoisotopic (exact) mass is 488 g/mol. The number of methoxy groups -OCH3 is 1. The fourth-order valence-corrected chi connectivity index (χ4v) is 4.35. The first-order valence-electron chi connectivity index (χ1n) is 10.9. The summed E-state index contributed by atoms with van der Waals surface area (Å²) in [5.41, 5.74) is 2.51. The molecule has 2 N–H and O–H groups in total. The molecular formula is C25H30FN2O5P. The first kappa shape index (κ1) is 25.8. The van der Waals surface area contributed by atoms with Gasteiger partial charge in [0.05, 0.1) is 42.7 Å². The second-order valence-electron chi connectivity index (χ2n) is 8.71. The van der Waals surface area contributed by atoms with Crippen molar-refractivity contribution in [2.45, 2.75) is 33.0 Å². The van der Waals surface area contributed by atoms with Crippen LogP contribution in [0.25, 0.3) is 11.3 Å². The van der Waals surface area contributed by atoms with E-state index in [-0.39, 0.29) is 18.7 Å². The van der Waals surface area contributed by atoms with Crippen LogP contribution in [-0.4, -0.2) is 39.9 Å². The molecule has 0 radical (unpaired) electrons. The molecule has 0 bridgehead atoms. The molecule has 0 spiro atoms. The van der Waals surface area contributed by atoms with Crippen molar-refractivity contribution in [3.63, 3.8) is 0 Å². The Morgan fingerprint density at radius 2 is 1.91 bits per heavy atom. The smallest absolute Gasteiger partial charge is 0.200 e. The molecular weight excluding hydrogens is 458 g/mol. The van der Waals surface area contributed by atoms with Crippen LogP contribution in [0.1, 0.15) is 36.9 Å². The lowest BCUT2D eigenvalue weighted by Gasteiger charge is -2.15. The van der Waals surface area contributed by atoms with Crippen LogP contribution in [0.5, 0.6) is 11.5 Å². The van der Waals surface area contributed by atoms with Crippen molar-refractivity contribution in [3.05, 3.63) is 71.4 Å². The van der Waals surface area contributed by atoms with E-state index < -0.39 is 19.3 Å². The quantitative estimate of drug-likeness (QED) is 0.387. The van der Waals surface area contributed by atoms with Crippen molar-refractivity contribution in [3.8, 4) is 22.8 Å². The molecule has 0 saturated heterocycles. The Hall–Kier alpha value is -2.80. The van der Waals surface area contributed by atoms with E-state index in [0.717, 1.165) is 0 Å². The van der Waals surface area contributed by atoms with E-state index in [1.165, 1.54) is 19.8 Å². The van der Waals surface area contributed by atoms with E-state index in [1.54, 1.807) is 42.6 Å². The van der Waals surface area contributed by atoms with E-state index in [1.807, 2.05) is 0 Å². The zero-order valence-corrected chi connectivity index (χ0v) is 20.6. The van der Waals surface area contributed by atoms with Gasteiger partial charge in [-0.15, -0.1) is 0 Å². The summed E-state index contributed by atoms with van der Waals surface area (Å²) in [4.78, 5) is 18.7. The lowest BCUT2D eigenvalue weighted by molar-refractivity contribution is 0.197. The second-order valence-corrected chi connectivity index (χ2v) is 11.2. The van der Waals surface area contributed by atoms with Gasteiger partial charge < -0.3 is 19.5 Å². The van der Waals surface area contributed by atoms with E-state index in [0.29, 0.717) is 46.1 Å². The third-order valence-corrected chi connectivity index (χ3v) is 6.09. The Morgan fingerprint density at radius 3 is 2.59 bits per heavy atom. The van der Waals surface area contributed by atoms with Gasteiger partial charge in [-0.05, 0) is 48.2 Å². The largest absolute Gasteiger partial charge is 0.497 e. The molecule has 3 rings (SSSR count). The van der Waals surface area contributed by atoms with Crippen LogP contribution in [0.2, 0.25) is 0 Å². The molecule has 182 valence electrons. The Labute approximate surface area is 199 Å². The van der Waals surface area contributed by atoms with Crippen molar-refractivity contribution in [1.29, 1.82) is 0 Å². The number of benzene rings is 2. The molecule has 0 aliphatic heterocycles. The lowest BCUT2D eigenvalue weighted by atomic mass is 10.0. The van der Waals surface area contributed by atoms with Gasteiger partial charge in [0.2, 0.25) is 7.37 Å². The molecule has 0 aliphatic carbocycles. The highest BCUT2D eigenvalue weighted by Crippen LogP contribution is 2.40. The number of rotatable bonds is 10. The first-order chi connectivity index (χ1) is 16.1. The van der Waals surface area contributed by atoms with Gasteiger partial charge >= 0.3 is 0 Å². The van der Waals surface area contributed by atoms with Gasteiger partial charge in [0.1, 0.15) is 23.9 Å². The minimum absolute atomic E-state index is 0.116. The first-order valence-corrected chi connectivity index (χ1v) is 13.2. The average Bonchev–Trinajstić information content (AvgIpc) is 2.77. The molecule has 0 fully saturated rings. The number of nitrogens with zero attached hydrogens (tertiary/aromatic N) is 2. The third kappa shape index (κ3) is 7.10. The predicted octanol–water partition coefficient (Wildman–Crippen LogP) is 5.00. The van der Waals surface area contributed by atoms with Gasteiger partial charge in [0.15, 0.2) is 0 Å². The maximum atomic E-state index is 14.6. The summed E-state index contributed by atoms with van der Waals surface area (Å²) in [6, 6.07) is 11.2. The van der Waals surface area contributed by atoms with Crippen LogP contribution in [-0.2, 0) is 17.6 Å². The lowest BCUT2D eigenvalue weighted by Crippen LogP contribution is -2.08. The zero-order chi connectivity index (χ0) is 24.9. The van der Waals surface area contributed by atoms with Crippen LogP contribution in [0.4, 0.5) is 4.39 Å². The van der Waals surface area contributed by atoms with Crippen LogP contribution >= 0.6 is 7.37 Å². The van der Waals surface area contributed by atoms with Crippen LogP contribution in [0, 0.1) is 11.7 Å². The molecule has 2 aromatic carbocycles. The summed E-state index contributed by atoms with van der Waals surface area (Å²) in [6.45, 7) is 5.43. The molecule has 0 saturated carbocycles. The van der Waals surface area contributed by atoms with Gasteiger partial charge in [0.25, 0.3) is 0 Å². The fraction of sp³-hybridized carbons (Fsp3) is 0.360. The number of aliphatic hydroxyl groups is 1. The molecule has 1 heterocycles. The third-order valence-electron chi connectivity index (χ3n) is 5.07. The normalized spacial score (nSPS) is 14.0. The summed E-state index contributed by atoms with van der Waals surface area (Å²) in [5.74, 6) is 0.885. The van der Waals surface area contributed by atoms with Gasteiger partial charge in [-0.25, -0.2) is 4.39 Å². The second kappa shape index (κ2) is 11.1. The van der Waals surface area contributed by atoms with Crippen LogP contribution in [0.15, 0.2) is 48.7 Å². The maximum Gasteiger partial charge on any atom is 0.200 e. The minimum atomic E-state index is -3.37. The zero-order valence-electron chi connectivity index (χ0n) is 19.7. The molecule has 7 nitrogen and oxygen atoms in total. The standard InChI is InChI=1S/C25H30FN2O5P/c1-16(2)10-23-25(21-12-19(32-3)8-9-22(21)26)27-13-18(28-23)14-33-20-7-5-6-17(11-20)24(29)15-34(4,30)31/h5-9,11-13,16,24,29H,10,14-15H2,1-4H3,(H,30,31)/t24-/m1/s1. The van der Waals surface area contributed by atoms with Crippen molar-refractivity contribution in [1.82, 2.24) is 9.97 Å². The van der Waals surface area contributed by atoms with Gasteiger partial charge in [0, 0.05) is 12.2 Å². The SMILES string of the molecule is COc1ccc(F)c(-c2ncc(COc3cccc([C@H](O)CP(C)(=O)O)c3)nc2CC(C)C)c1. The molecule has 3 aromatic rings. The summed E-state index contributed by atoms with van der Waals surface area (Å²) in [5, 5.41) is 10.2. The summed E-state index contributed by atoms with van der Waals surface area (Å²) in [6.07, 6.45) is 0.852. The molecule has 0 amide bonds. The highest BCUT2D eigenvalue weighted by atomic mass is 31.2. The molecule has 1 unspecified atom stereocenters. The number of aromatic nitrogens is 2. The molecule has 9 heteroatoms. The Kier molecular flexibility index (Phi) is 8.42. The molecule has 1 aromatic heterocycles. The van der Waals surface area contributed by atoms with Gasteiger partial charge in [-0.3, -0.25) is 14.5 Å². The molecule has 2 atom stereocenters. The number of ether oxygens (including phenoxy) is 2. The highest BCUT2D eigenvalue weighted by molar-refractivity contribution is 7.57. The van der Waals surface area contributed by atoms with Crippen LogP contribution < -0.4 is 9.47 Å². The van der Waals surface area contributed by atoms with E-state index >= 15 is 0 Å². The predicted molar refractivity (Wildman–Crippen MR) is 129 cm³/mol. The van der Waals surface area contributed by atoms with Crippen molar-refractivity contribution >= 4 is 7.37 Å². The topological polar surface area (TPSA) is 102 Å². The van der Waals surface area contributed by atoms with Crippen molar-refractivity contribution in [2.24, 2.45) is 5.92 Å². The van der Waals surface area contributed by atoms with Gasteiger partial charge in [-0.2, -0.15) is 0 Å². The molecule has 34 heavy (non-hydrogen) atoms. The summed E-state index contributed by atoms with van der Waals surface area (Å²) < 4.78 is 37.3. The number of halogens is 1.